The highest BCUT2D eigenvalue weighted by atomic mass is 35.5. The Labute approximate surface area is 186 Å². The summed E-state index contributed by atoms with van der Waals surface area (Å²) in [6.45, 7) is 1.67. The number of benzene rings is 2. The van der Waals surface area contributed by atoms with Crippen molar-refractivity contribution in [3.05, 3.63) is 65.2 Å². The Morgan fingerprint density at radius 3 is 2.58 bits per heavy atom. The van der Waals surface area contributed by atoms with Crippen molar-refractivity contribution in [1.82, 2.24) is 5.32 Å². The molecule has 7 nitrogen and oxygen atoms in total. The lowest BCUT2D eigenvalue weighted by Crippen LogP contribution is -2.46. The molecule has 2 aromatic rings. The van der Waals surface area contributed by atoms with E-state index in [1.165, 1.54) is 5.01 Å². The predicted octanol–water partition coefficient (Wildman–Crippen LogP) is 2.62. The maximum Gasteiger partial charge on any atom is 0.267 e. The molecular formula is C23H25ClN4O3. The lowest BCUT2D eigenvalue weighted by atomic mass is 9.74. The van der Waals surface area contributed by atoms with Crippen LogP contribution in [0.3, 0.4) is 0 Å². The highest BCUT2D eigenvalue weighted by molar-refractivity contribution is 6.40. The molecule has 0 radical (unpaired) electrons. The first-order valence-electron chi connectivity index (χ1n) is 10.3. The van der Waals surface area contributed by atoms with Gasteiger partial charge < -0.3 is 15.8 Å². The van der Waals surface area contributed by atoms with Gasteiger partial charge in [-0.05, 0) is 42.7 Å². The van der Waals surface area contributed by atoms with Crippen LogP contribution in [0.15, 0.2) is 59.7 Å². The van der Waals surface area contributed by atoms with Crippen LogP contribution in [0, 0.1) is 0 Å². The summed E-state index contributed by atoms with van der Waals surface area (Å²) < 4.78 is 5.56. The van der Waals surface area contributed by atoms with E-state index in [2.05, 4.69) is 10.4 Å². The molecule has 2 aliphatic rings. The molecule has 2 amide bonds. The van der Waals surface area contributed by atoms with E-state index < -0.39 is 11.9 Å². The van der Waals surface area contributed by atoms with Gasteiger partial charge in [-0.1, -0.05) is 41.9 Å². The Morgan fingerprint density at radius 1 is 1.16 bits per heavy atom. The van der Waals surface area contributed by atoms with Crippen LogP contribution in [0.5, 0.6) is 0 Å². The van der Waals surface area contributed by atoms with Gasteiger partial charge in [-0.3, -0.25) is 14.6 Å². The van der Waals surface area contributed by atoms with E-state index in [1.807, 2.05) is 54.6 Å². The van der Waals surface area contributed by atoms with Gasteiger partial charge in [0.05, 0.1) is 5.69 Å². The van der Waals surface area contributed by atoms with Crippen molar-refractivity contribution in [3.63, 3.8) is 0 Å². The maximum absolute atomic E-state index is 13.0. The Morgan fingerprint density at radius 2 is 1.90 bits per heavy atom. The van der Waals surface area contributed by atoms with Gasteiger partial charge in [0.2, 0.25) is 5.91 Å². The zero-order chi connectivity index (χ0) is 21.8. The molecule has 162 valence electrons. The second-order valence-corrected chi connectivity index (χ2v) is 8.37. The second kappa shape index (κ2) is 9.08. The van der Waals surface area contributed by atoms with Crippen molar-refractivity contribution in [2.24, 2.45) is 10.8 Å². The number of carbonyl (C=O) groups excluding carboxylic acids is 2. The minimum absolute atomic E-state index is 0.170. The number of anilines is 1. The highest BCUT2D eigenvalue weighted by Gasteiger charge is 2.38. The van der Waals surface area contributed by atoms with E-state index in [0.29, 0.717) is 36.2 Å². The van der Waals surface area contributed by atoms with Crippen molar-refractivity contribution < 1.29 is 14.3 Å². The Bertz CT molecular complexity index is 989. The number of amides is 2. The third-order valence-electron chi connectivity index (χ3n) is 6.00. The smallest absolute Gasteiger partial charge is 0.267 e. The third-order valence-corrected chi connectivity index (χ3v) is 6.23. The molecule has 4 rings (SSSR count). The van der Waals surface area contributed by atoms with Gasteiger partial charge in [0.15, 0.2) is 0 Å². The summed E-state index contributed by atoms with van der Waals surface area (Å²) in [5.41, 5.74) is 7.40. The van der Waals surface area contributed by atoms with Crippen LogP contribution in [-0.2, 0) is 19.7 Å². The Hall–Kier alpha value is -2.90. The summed E-state index contributed by atoms with van der Waals surface area (Å²) in [4.78, 5) is 25.0. The molecule has 0 aliphatic carbocycles. The summed E-state index contributed by atoms with van der Waals surface area (Å²) in [5, 5.41) is 9.65. The average Bonchev–Trinajstić information content (AvgIpc) is 3.25. The summed E-state index contributed by atoms with van der Waals surface area (Å²) >= 11 is 6.23. The summed E-state index contributed by atoms with van der Waals surface area (Å²) in [6, 6.07) is 16.3. The standard InChI is InChI=1S/C23H25ClN4O3/c24-17-6-4-5-16(13-17)23(9-11-31-12-10-23)15-26-22(30)19-14-20(21(25)29)28(27-19)18-7-2-1-3-8-18/h1-8,13,20H,9-12,14-15H2,(H2,25,29)(H,26,30). The topological polar surface area (TPSA) is 97.0 Å². The van der Waals surface area contributed by atoms with Crippen molar-refractivity contribution in [1.29, 1.82) is 0 Å². The number of nitrogens with one attached hydrogen (secondary N) is 1. The number of nitrogens with two attached hydrogens (primary N) is 1. The van der Waals surface area contributed by atoms with Gasteiger partial charge in [0.25, 0.3) is 5.91 Å². The number of rotatable bonds is 6. The molecule has 8 heteroatoms. The average molecular weight is 441 g/mol. The molecule has 1 fully saturated rings. The molecule has 0 saturated carbocycles. The van der Waals surface area contributed by atoms with Crippen LogP contribution in [0.1, 0.15) is 24.8 Å². The molecule has 0 bridgehead atoms. The second-order valence-electron chi connectivity index (χ2n) is 7.93. The van der Waals surface area contributed by atoms with E-state index in [-0.39, 0.29) is 17.7 Å². The monoisotopic (exact) mass is 440 g/mol. The number of hydrogen-bond acceptors (Lipinski definition) is 5. The van der Waals surface area contributed by atoms with Crippen LogP contribution in [0.2, 0.25) is 5.02 Å². The molecule has 2 heterocycles. The normalized spacial score (nSPS) is 20.2. The highest BCUT2D eigenvalue weighted by Crippen LogP contribution is 2.35. The molecule has 2 aromatic carbocycles. The minimum atomic E-state index is -0.687. The lowest BCUT2D eigenvalue weighted by Gasteiger charge is -2.38. The number of ether oxygens (including phenoxy) is 1. The third kappa shape index (κ3) is 4.57. The molecule has 0 spiro atoms. The van der Waals surface area contributed by atoms with Crippen LogP contribution < -0.4 is 16.1 Å². The number of nitrogens with zero attached hydrogens (tertiary/aromatic N) is 2. The Balaban J connectivity index is 1.52. The number of hydrogen-bond donors (Lipinski definition) is 2. The summed E-state index contributed by atoms with van der Waals surface area (Å²) in [7, 11) is 0. The SMILES string of the molecule is NC(=O)C1CC(C(=O)NCC2(c3cccc(Cl)c3)CCOCC2)=NN1c1ccccc1. The summed E-state index contributed by atoms with van der Waals surface area (Å²) in [5.74, 6) is -0.812. The molecule has 0 aromatic heterocycles. The van der Waals surface area contributed by atoms with Crippen LogP contribution in [0.25, 0.3) is 0 Å². The van der Waals surface area contributed by atoms with Gasteiger partial charge >= 0.3 is 0 Å². The molecule has 1 saturated heterocycles. The maximum atomic E-state index is 13.0. The molecule has 31 heavy (non-hydrogen) atoms. The fraction of sp³-hybridized carbons (Fsp3) is 0.348. The van der Waals surface area contributed by atoms with E-state index in [0.717, 1.165) is 18.4 Å². The lowest BCUT2D eigenvalue weighted by molar-refractivity contribution is -0.119. The van der Waals surface area contributed by atoms with E-state index in [9.17, 15) is 9.59 Å². The minimum Gasteiger partial charge on any atom is -0.381 e. The first-order chi connectivity index (χ1) is 15.0. The van der Waals surface area contributed by atoms with Gasteiger partial charge in [-0.25, -0.2) is 0 Å². The molecule has 3 N–H and O–H groups in total. The first kappa shape index (κ1) is 21.3. The zero-order valence-electron chi connectivity index (χ0n) is 17.1. The van der Waals surface area contributed by atoms with Gasteiger partial charge in [0, 0.05) is 36.6 Å². The number of halogens is 1. The van der Waals surface area contributed by atoms with Crippen LogP contribution in [-0.4, -0.2) is 43.3 Å². The van der Waals surface area contributed by atoms with Gasteiger partial charge in [-0.15, -0.1) is 0 Å². The van der Waals surface area contributed by atoms with Crippen molar-refractivity contribution in [2.75, 3.05) is 24.8 Å². The van der Waals surface area contributed by atoms with Crippen molar-refractivity contribution in [2.45, 2.75) is 30.7 Å². The molecular weight excluding hydrogens is 416 g/mol. The van der Waals surface area contributed by atoms with E-state index in [4.69, 9.17) is 22.1 Å². The van der Waals surface area contributed by atoms with Crippen LogP contribution in [0.4, 0.5) is 5.69 Å². The number of para-hydroxylation sites is 1. The van der Waals surface area contributed by atoms with Crippen LogP contribution >= 0.6 is 11.6 Å². The Kier molecular flexibility index (Phi) is 6.25. The molecule has 1 unspecified atom stereocenters. The van der Waals surface area contributed by atoms with Crippen molar-refractivity contribution in [3.8, 4) is 0 Å². The van der Waals surface area contributed by atoms with Gasteiger partial charge in [0.1, 0.15) is 11.8 Å². The fourth-order valence-corrected chi connectivity index (χ4v) is 4.38. The largest absolute Gasteiger partial charge is 0.381 e. The van der Waals surface area contributed by atoms with E-state index in [1.54, 1.807) is 0 Å². The molecule has 2 aliphatic heterocycles. The van der Waals surface area contributed by atoms with E-state index >= 15 is 0 Å². The number of carbonyl (C=O) groups is 2. The first-order valence-corrected chi connectivity index (χ1v) is 10.7. The quantitative estimate of drug-likeness (QED) is 0.721. The number of primary amides is 1. The predicted molar refractivity (Wildman–Crippen MR) is 120 cm³/mol. The van der Waals surface area contributed by atoms with Gasteiger partial charge in [-0.2, -0.15) is 5.10 Å². The van der Waals surface area contributed by atoms with Crippen molar-refractivity contribution >= 4 is 34.8 Å². The summed E-state index contributed by atoms with van der Waals surface area (Å²) in [6.07, 6.45) is 1.73. The zero-order valence-corrected chi connectivity index (χ0v) is 17.8. The number of hydrazone groups is 1. The molecule has 1 atom stereocenters. The fourth-order valence-electron chi connectivity index (χ4n) is 4.19.